The summed E-state index contributed by atoms with van der Waals surface area (Å²) in [6.45, 7) is 7.03. The van der Waals surface area contributed by atoms with Crippen LogP contribution < -0.4 is 5.32 Å². The van der Waals surface area contributed by atoms with Crippen molar-refractivity contribution in [3.8, 4) is 0 Å². The summed E-state index contributed by atoms with van der Waals surface area (Å²) in [7, 11) is 0. The lowest BCUT2D eigenvalue weighted by molar-refractivity contribution is 0.0607. The van der Waals surface area contributed by atoms with Gasteiger partial charge in [0.05, 0.1) is 0 Å². The molecule has 1 amide bonds. The summed E-state index contributed by atoms with van der Waals surface area (Å²) in [6, 6.07) is 11.3. The number of benzene rings is 2. The van der Waals surface area contributed by atoms with E-state index >= 15 is 0 Å². The fraction of sp³-hybridized carbons (Fsp3) is 0.300. The van der Waals surface area contributed by atoms with E-state index in [2.05, 4.69) is 27.9 Å². The molecule has 0 aliphatic carbocycles. The van der Waals surface area contributed by atoms with Crippen LogP contribution in [0.4, 0.5) is 9.18 Å². The smallest absolute Gasteiger partial charge is 0.408 e. The van der Waals surface area contributed by atoms with Crippen molar-refractivity contribution in [1.82, 2.24) is 5.32 Å². The Balaban J connectivity index is 2.37. The third-order valence-corrected chi connectivity index (χ3v) is 4.29. The number of hydrogen-bond donors (Lipinski definition) is 1. The lowest BCUT2D eigenvalue weighted by atomic mass is 9.98. The van der Waals surface area contributed by atoms with Crippen molar-refractivity contribution in [2.45, 2.75) is 39.3 Å². The molecule has 0 spiro atoms. The van der Waals surface area contributed by atoms with Gasteiger partial charge < -0.3 is 10.1 Å². The Bertz CT molecular complexity index is 813. The van der Waals surface area contributed by atoms with Crippen LogP contribution in [0.1, 0.15) is 48.4 Å². The van der Waals surface area contributed by atoms with Crippen LogP contribution in [0.2, 0.25) is 0 Å². The minimum atomic E-state index is -1.23. The highest BCUT2D eigenvalue weighted by Crippen LogP contribution is 2.25. The third kappa shape index (κ3) is 5.52. The number of alkyl carbamates (subject to hydrolysis) is 1. The molecule has 0 saturated carbocycles. The van der Waals surface area contributed by atoms with E-state index < -0.39 is 29.3 Å². The number of ketones is 1. The fourth-order valence-electron chi connectivity index (χ4n) is 2.25. The van der Waals surface area contributed by atoms with Crippen molar-refractivity contribution in [2.75, 3.05) is 0 Å². The van der Waals surface area contributed by atoms with Gasteiger partial charge in [-0.05, 0) is 74.0 Å². The minimum Gasteiger partial charge on any atom is -0.433 e. The highest BCUT2D eigenvalue weighted by molar-refractivity contribution is 14.1. The molecular weight excluding hydrogens is 448 g/mol. The Hall–Kier alpha value is -1.96. The predicted octanol–water partition coefficient (Wildman–Crippen LogP) is 5.19. The van der Waals surface area contributed by atoms with Gasteiger partial charge in [0.1, 0.15) is 5.82 Å². The first-order chi connectivity index (χ1) is 12.1. The Morgan fingerprint density at radius 1 is 1.12 bits per heavy atom. The lowest BCUT2D eigenvalue weighted by Gasteiger charge is -2.23. The number of Topliss-reactive ketones (excluding diaryl/α,β-unsaturated/α-hetero) is 1. The van der Waals surface area contributed by atoms with E-state index in [1.807, 2.05) is 0 Å². The van der Waals surface area contributed by atoms with Crippen LogP contribution in [0.25, 0.3) is 0 Å². The van der Waals surface area contributed by atoms with Gasteiger partial charge in [0.2, 0.25) is 5.78 Å². The molecule has 2 aromatic rings. The summed E-state index contributed by atoms with van der Waals surface area (Å²) in [5, 5.41) is 2.65. The van der Waals surface area contributed by atoms with Crippen LogP contribution >= 0.6 is 22.6 Å². The van der Waals surface area contributed by atoms with Gasteiger partial charge in [-0.2, -0.15) is 0 Å². The van der Waals surface area contributed by atoms with Gasteiger partial charge in [-0.25, -0.2) is 9.18 Å². The molecule has 2 aromatic carbocycles. The molecule has 138 valence electrons. The summed E-state index contributed by atoms with van der Waals surface area (Å²) < 4.78 is 20.4. The zero-order valence-electron chi connectivity index (χ0n) is 15.1. The molecule has 2 rings (SSSR count). The highest BCUT2D eigenvalue weighted by Gasteiger charge is 2.28. The molecule has 1 N–H and O–H groups in total. The minimum absolute atomic E-state index is 0.292. The number of nitrogens with one attached hydrogen (secondary N) is 1. The monoisotopic (exact) mass is 469 g/mol. The average molecular weight is 469 g/mol. The van der Waals surface area contributed by atoms with Crippen molar-refractivity contribution < 1.29 is 18.7 Å². The number of amides is 1. The van der Waals surface area contributed by atoms with Gasteiger partial charge in [-0.15, -0.1) is 0 Å². The van der Waals surface area contributed by atoms with Crippen LogP contribution in [0.5, 0.6) is 0 Å². The fourth-order valence-corrected chi connectivity index (χ4v) is 2.61. The first-order valence-electron chi connectivity index (χ1n) is 8.11. The van der Waals surface area contributed by atoms with E-state index in [4.69, 9.17) is 4.74 Å². The molecule has 0 aromatic heterocycles. The van der Waals surface area contributed by atoms with Gasteiger partial charge in [0.15, 0.2) is 6.10 Å². The Morgan fingerprint density at radius 2 is 1.73 bits per heavy atom. The Kier molecular flexibility index (Phi) is 6.39. The molecule has 1 atom stereocenters. The van der Waals surface area contributed by atoms with Crippen LogP contribution in [0.3, 0.4) is 0 Å². The number of carbonyl (C=O) groups is 2. The van der Waals surface area contributed by atoms with Gasteiger partial charge in [0.25, 0.3) is 0 Å². The van der Waals surface area contributed by atoms with Crippen LogP contribution in [-0.2, 0) is 4.74 Å². The van der Waals surface area contributed by atoms with Crippen molar-refractivity contribution >= 4 is 34.5 Å². The van der Waals surface area contributed by atoms with E-state index in [9.17, 15) is 14.0 Å². The van der Waals surface area contributed by atoms with E-state index in [1.54, 1.807) is 64.1 Å². The number of ether oxygens (including phenoxy) is 1. The molecule has 1 unspecified atom stereocenters. The van der Waals surface area contributed by atoms with Gasteiger partial charge >= 0.3 is 6.09 Å². The van der Waals surface area contributed by atoms with E-state index in [-0.39, 0.29) is 0 Å². The second kappa shape index (κ2) is 8.16. The molecule has 26 heavy (non-hydrogen) atoms. The zero-order valence-corrected chi connectivity index (χ0v) is 17.3. The van der Waals surface area contributed by atoms with Crippen LogP contribution in [0.15, 0.2) is 42.5 Å². The number of hydrogen-bond acceptors (Lipinski definition) is 3. The van der Waals surface area contributed by atoms with Crippen molar-refractivity contribution in [1.29, 1.82) is 0 Å². The number of halogens is 2. The Labute approximate surface area is 166 Å². The maximum Gasteiger partial charge on any atom is 0.408 e. The number of rotatable bonds is 4. The van der Waals surface area contributed by atoms with Crippen molar-refractivity contribution in [2.24, 2.45) is 0 Å². The molecule has 0 saturated heterocycles. The van der Waals surface area contributed by atoms with E-state index in [0.717, 1.165) is 3.57 Å². The first kappa shape index (κ1) is 20.4. The quantitative estimate of drug-likeness (QED) is 0.496. The lowest BCUT2D eigenvalue weighted by Crippen LogP contribution is -2.42. The van der Waals surface area contributed by atoms with Crippen molar-refractivity contribution in [3.05, 3.63) is 68.5 Å². The van der Waals surface area contributed by atoms with Crippen molar-refractivity contribution in [3.63, 3.8) is 0 Å². The third-order valence-electron chi connectivity index (χ3n) is 3.57. The molecule has 0 aliphatic heterocycles. The highest BCUT2D eigenvalue weighted by atomic mass is 127. The van der Waals surface area contributed by atoms with Gasteiger partial charge in [-0.3, -0.25) is 4.79 Å². The number of carbonyl (C=O) groups excluding carboxylic acids is 2. The summed E-state index contributed by atoms with van der Waals surface area (Å²) in [5.41, 5.74) is 0.612. The van der Waals surface area contributed by atoms with E-state index in [0.29, 0.717) is 16.7 Å². The molecular formula is C20H21FINO3. The number of aryl methyl sites for hydroxylation is 1. The zero-order chi connectivity index (χ0) is 19.5. The molecule has 0 fully saturated rings. The normalized spacial score (nSPS) is 12.4. The van der Waals surface area contributed by atoms with Crippen LogP contribution in [0, 0.1) is 16.3 Å². The molecule has 4 nitrogen and oxygen atoms in total. The predicted molar refractivity (Wildman–Crippen MR) is 107 cm³/mol. The summed E-state index contributed by atoms with van der Waals surface area (Å²) in [4.78, 5) is 25.1. The molecule has 0 aliphatic rings. The first-order valence-corrected chi connectivity index (χ1v) is 9.19. The SMILES string of the molecule is Cc1ccc(C(OC(=O)NC(C)(C)C)C(=O)c2ccc(I)cc2)cc1F. The molecule has 6 heteroatoms. The molecule has 0 bridgehead atoms. The standard InChI is InChI=1S/C20H21FINO3/c1-12-5-6-14(11-16(12)21)18(26-19(25)23-20(2,3)4)17(24)13-7-9-15(22)10-8-13/h5-11,18H,1-4H3,(H,23,25). The average Bonchev–Trinajstić information content (AvgIpc) is 2.54. The van der Waals surface area contributed by atoms with Gasteiger partial charge in [-0.1, -0.05) is 24.3 Å². The maximum absolute atomic E-state index is 14.0. The second-order valence-electron chi connectivity index (χ2n) is 7.04. The van der Waals surface area contributed by atoms with E-state index in [1.165, 1.54) is 6.07 Å². The van der Waals surface area contributed by atoms with Crippen LogP contribution in [-0.4, -0.2) is 17.4 Å². The second-order valence-corrected chi connectivity index (χ2v) is 8.29. The maximum atomic E-state index is 14.0. The summed E-state index contributed by atoms with van der Waals surface area (Å²) in [6.07, 6.45) is -1.96. The molecule has 0 radical (unpaired) electrons. The molecule has 0 heterocycles. The Morgan fingerprint density at radius 3 is 2.27 bits per heavy atom. The summed E-state index contributed by atoms with van der Waals surface area (Å²) >= 11 is 2.14. The largest absolute Gasteiger partial charge is 0.433 e. The van der Waals surface area contributed by atoms with Gasteiger partial charge in [0, 0.05) is 20.2 Å². The topological polar surface area (TPSA) is 55.4 Å². The summed E-state index contributed by atoms with van der Waals surface area (Å²) in [5.74, 6) is -0.864.